The first-order valence-electron chi connectivity index (χ1n) is 4.98. The van der Waals surface area contributed by atoms with E-state index in [-0.39, 0.29) is 22.2 Å². The number of aliphatic hydroxyl groups excluding tert-OH is 1. The summed E-state index contributed by atoms with van der Waals surface area (Å²) < 4.78 is 31.2. The fraction of sp³-hybridized carbons (Fsp3) is 0.364. The minimum Gasteiger partial charge on any atom is -0.461 e. The number of carbonyl (C=O) groups is 1. The molecule has 18 heavy (non-hydrogen) atoms. The van der Waals surface area contributed by atoms with E-state index < -0.39 is 18.0 Å². The van der Waals surface area contributed by atoms with Crippen LogP contribution in [-0.2, 0) is 9.53 Å². The first-order chi connectivity index (χ1) is 8.30. The van der Waals surface area contributed by atoms with Gasteiger partial charge in [0.2, 0.25) is 0 Å². The van der Waals surface area contributed by atoms with E-state index in [1.54, 1.807) is 0 Å². The van der Waals surface area contributed by atoms with Crippen molar-refractivity contribution in [2.45, 2.75) is 19.0 Å². The molecular formula is C11H10Cl2F2O3. The topological polar surface area (TPSA) is 46.5 Å². The summed E-state index contributed by atoms with van der Waals surface area (Å²) in [4.78, 5) is 11.0. The third-order valence-electron chi connectivity index (χ3n) is 2.15. The fourth-order valence-corrected chi connectivity index (χ4v) is 1.54. The lowest BCUT2D eigenvalue weighted by molar-refractivity contribution is -0.189. The second-order valence-corrected chi connectivity index (χ2v) is 4.23. The zero-order valence-electron chi connectivity index (χ0n) is 9.29. The molecule has 0 radical (unpaired) electrons. The minimum atomic E-state index is -4.05. The maximum Gasteiger partial charge on any atom is 0.380 e. The number of ether oxygens (including phenoxy) is 1. The van der Waals surface area contributed by atoms with Crippen LogP contribution in [0.4, 0.5) is 8.78 Å². The maximum absolute atomic E-state index is 13.5. The Kier molecular flexibility index (Phi) is 4.90. The summed E-state index contributed by atoms with van der Waals surface area (Å²) in [6.07, 6.45) is -2.34. The monoisotopic (exact) mass is 298 g/mol. The molecule has 0 spiro atoms. The Labute approximate surface area is 112 Å². The second-order valence-electron chi connectivity index (χ2n) is 3.42. The molecule has 1 aromatic carbocycles. The maximum atomic E-state index is 13.5. The molecule has 0 amide bonds. The van der Waals surface area contributed by atoms with Crippen LogP contribution in [-0.4, -0.2) is 23.6 Å². The number of esters is 1. The van der Waals surface area contributed by atoms with E-state index in [1.807, 2.05) is 0 Å². The Morgan fingerprint density at radius 3 is 2.56 bits per heavy atom. The fourth-order valence-electron chi connectivity index (χ4n) is 1.23. The average Bonchev–Trinajstić information content (AvgIpc) is 2.32. The quantitative estimate of drug-likeness (QED) is 0.868. The molecule has 1 atom stereocenters. The van der Waals surface area contributed by atoms with Crippen LogP contribution in [0.15, 0.2) is 18.2 Å². The average molecular weight is 299 g/mol. The van der Waals surface area contributed by atoms with Crippen LogP contribution >= 0.6 is 23.2 Å². The molecule has 1 unspecified atom stereocenters. The standard InChI is InChI=1S/C11H10Cl2F2O3/c1-2-18-10(17)11(14,15)9(16)6-3-4-7(12)8(13)5-6/h3-5,9,16H,2H2,1H3. The van der Waals surface area contributed by atoms with Crippen molar-refractivity contribution in [2.24, 2.45) is 0 Å². The summed E-state index contributed by atoms with van der Waals surface area (Å²) in [5.74, 6) is -5.84. The molecule has 0 aromatic heterocycles. The highest BCUT2D eigenvalue weighted by Gasteiger charge is 2.49. The molecular weight excluding hydrogens is 289 g/mol. The first kappa shape index (κ1) is 15.1. The molecule has 0 aliphatic rings. The van der Waals surface area contributed by atoms with Crippen molar-refractivity contribution in [3.05, 3.63) is 33.8 Å². The van der Waals surface area contributed by atoms with Crippen molar-refractivity contribution >= 4 is 29.2 Å². The van der Waals surface area contributed by atoms with E-state index in [1.165, 1.54) is 13.0 Å². The van der Waals surface area contributed by atoms with Gasteiger partial charge in [-0.05, 0) is 24.6 Å². The second kappa shape index (κ2) is 5.82. The van der Waals surface area contributed by atoms with Gasteiger partial charge in [-0.2, -0.15) is 8.78 Å². The molecule has 1 rings (SSSR count). The third-order valence-corrected chi connectivity index (χ3v) is 2.89. The van der Waals surface area contributed by atoms with Crippen molar-refractivity contribution in [3.63, 3.8) is 0 Å². The van der Waals surface area contributed by atoms with Crippen LogP contribution in [0.2, 0.25) is 10.0 Å². The highest BCUT2D eigenvalue weighted by Crippen LogP contribution is 2.35. The lowest BCUT2D eigenvalue weighted by Gasteiger charge is -2.21. The number of hydrogen-bond acceptors (Lipinski definition) is 3. The Morgan fingerprint density at radius 2 is 2.06 bits per heavy atom. The van der Waals surface area contributed by atoms with Crippen molar-refractivity contribution in [1.29, 1.82) is 0 Å². The lowest BCUT2D eigenvalue weighted by atomic mass is 10.0. The molecule has 1 N–H and O–H groups in total. The molecule has 0 aliphatic heterocycles. The van der Waals surface area contributed by atoms with Crippen LogP contribution in [0, 0.1) is 0 Å². The zero-order valence-corrected chi connectivity index (χ0v) is 10.8. The van der Waals surface area contributed by atoms with Crippen LogP contribution in [0.5, 0.6) is 0 Å². The van der Waals surface area contributed by atoms with Gasteiger partial charge < -0.3 is 9.84 Å². The Morgan fingerprint density at radius 1 is 1.44 bits per heavy atom. The van der Waals surface area contributed by atoms with E-state index in [9.17, 15) is 18.7 Å². The van der Waals surface area contributed by atoms with Gasteiger partial charge in [0.1, 0.15) is 0 Å². The van der Waals surface area contributed by atoms with Crippen molar-refractivity contribution in [2.75, 3.05) is 6.61 Å². The number of rotatable bonds is 4. The van der Waals surface area contributed by atoms with Crippen molar-refractivity contribution < 1.29 is 23.4 Å². The Balaban J connectivity index is 3.01. The molecule has 1 aromatic rings. The van der Waals surface area contributed by atoms with Gasteiger partial charge in [0, 0.05) is 0 Å². The highest BCUT2D eigenvalue weighted by molar-refractivity contribution is 6.42. The van der Waals surface area contributed by atoms with E-state index in [0.29, 0.717) is 0 Å². The third kappa shape index (κ3) is 3.10. The summed E-state index contributed by atoms with van der Waals surface area (Å²) in [5.41, 5.74) is -0.220. The predicted molar refractivity (Wildman–Crippen MR) is 63.0 cm³/mol. The zero-order chi connectivity index (χ0) is 13.9. The SMILES string of the molecule is CCOC(=O)C(F)(F)C(O)c1ccc(Cl)c(Cl)c1. The summed E-state index contributed by atoms with van der Waals surface area (Å²) in [5, 5.41) is 9.67. The molecule has 0 saturated carbocycles. The van der Waals surface area contributed by atoms with Gasteiger partial charge in [-0.3, -0.25) is 0 Å². The number of aliphatic hydroxyl groups is 1. The van der Waals surface area contributed by atoms with Gasteiger partial charge in [0.15, 0.2) is 6.10 Å². The summed E-state index contributed by atoms with van der Waals surface area (Å²) in [6, 6.07) is 3.48. The Bertz CT molecular complexity index is 452. The minimum absolute atomic E-state index is 0.00729. The van der Waals surface area contributed by atoms with Crippen molar-refractivity contribution in [1.82, 2.24) is 0 Å². The number of alkyl halides is 2. The van der Waals surface area contributed by atoms with E-state index in [2.05, 4.69) is 4.74 Å². The molecule has 0 saturated heterocycles. The van der Waals surface area contributed by atoms with Crippen LogP contribution < -0.4 is 0 Å². The number of hydrogen-bond donors (Lipinski definition) is 1. The molecule has 0 bridgehead atoms. The van der Waals surface area contributed by atoms with Crippen LogP contribution in [0.25, 0.3) is 0 Å². The molecule has 3 nitrogen and oxygen atoms in total. The van der Waals surface area contributed by atoms with E-state index in [0.717, 1.165) is 12.1 Å². The number of halogens is 4. The molecule has 0 fully saturated rings. The number of carbonyl (C=O) groups excluding carboxylic acids is 1. The summed E-state index contributed by atoms with van der Waals surface area (Å²) in [6.45, 7) is 1.18. The van der Waals surface area contributed by atoms with Crippen LogP contribution in [0.3, 0.4) is 0 Å². The van der Waals surface area contributed by atoms with E-state index >= 15 is 0 Å². The first-order valence-corrected chi connectivity index (χ1v) is 5.74. The molecule has 100 valence electrons. The number of benzene rings is 1. The van der Waals surface area contributed by atoms with Crippen LogP contribution in [0.1, 0.15) is 18.6 Å². The van der Waals surface area contributed by atoms with Gasteiger partial charge >= 0.3 is 11.9 Å². The van der Waals surface area contributed by atoms with Gasteiger partial charge in [0.25, 0.3) is 0 Å². The van der Waals surface area contributed by atoms with Gasteiger partial charge in [-0.15, -0.1) is 0 Å². The molecule has 7 heteroatoms. The largest absolute Gasteiger partial charge is 0.461 e. The highest BCUT2D eigenvalue weighted by atomic mass is 35.5. The van der Waals surface area contributed by atoms with Gasteiger partial charge in [0.05, 0.1) is 16.7 Å². The van der Waals surface area contributed by atoms with Gasteiger partial charge in [-0.1, -0.05) is 29.3 Å². The molecule has 0 heterocycles. The summed E-state index contributed by atoms with van der Waals surface area (Å²) >= 11 is 11.3. The smallest absolute Gasteiger partial charge is 0.380 e. The predicted octanol–water partition coefficient (Wildman–Crippen LogP) is 3.23. The summed E-state index contributed by atoms with van der Waals surface area (Å²) in [7, 11) is 0. The lowest BCUT2D eigenvalue weighted by Crippen LogP contribution is -2.37. The van der Waals surface area contributed by atoms with Crippen molar-refractivity contribution in [3.8, 4) is 0 Å². The Hall–Kier alpha value is -0.910. The van der Waals surface area contributed by atoms with Gasteiger partial charge in [-0.25, -0.2) is 4.79 Å². The normalized spacial score (nSPS) is 13.2. The van der Waals surface area contributed by atoms with E-state index in [4.69, 9.17) is 23.2 Å². The molecule has 0 aliphatic carbocycles.